The molecule has 1 unspecified atom stereocenters. The van der Waals surface area contributed by atoms with Crippen molar-refractivity contribution in [3.8, 4) is 0 Å². The molecule has 0 saturated carbocycles. The molecule has 5 heterocycles. The van der Waals surface area contributed by atoms with E-state index in [0.717, 1.165) is 19.4 Å². The van der Waals surface area contributed by atoms with E-state index in [0.29, 0.717) is 18.0 Å². The third kappa shape index (κ3) is 1.83. The smallest absolute Gasteiger partial charge is 0.226 e. The van der Waals surface area contributed by atoms with Crippen molar-refractivity contribution < 1.29 is 4.79 Å². The summed E-state index contributed by atoms with van der Waals surface area (Å²) in [4.78, 5) is 15.7. The van der Waals surface area contributed by atoms with Crippen molar-refractivity contribution in [2.24, 2.45) is 11.8 Å². The molecule has 4 aliphatic heterocycles. The summed E-state index contributed by atoms with van der Waals surface area (Å²) in [7, 11) is 0. The van der Waals surface area contributed by atoms with Gasteiger partial charge in [-0.05, 0) is 54.3 Å². The number of rotatable bonds is 2. The summed E-state index contributed by atoms with van der Waals surface area (Å²) in [6.07, 6.45) is 5.80. The Balaban J connectivity index is 1.72. The topological polar surface area (TPSA) is 20.3 Å². The van der Waals surface area contributed by atoms with E-state index in [-0.39, 0.29) is 11.2 Å². The number of thiophene rings is 1. The number of nitrogens with zero attached hydrogens (tertiary/aromatic N) is 1. The predicted molar refractivity (Wildman–Crippen MR) is 78.3 cm³/mol. The zero-order valence-electron chi connectivity index (χ0n) is 10.6. The van der Waals surface area contributed by atoms with E-state index < -0.39 is 0 Å². The van der Waals surface area contributed by atoms with Crippen LogP contribution in [0.4, 0.5) is 0 Å². The highest BCUT2D eigenvalue weighted by Crippen LogP contribution is 2.51. The van der Waals surface area contributed by atoms with Crippen molar-refractivity contribution >= 4 is 34.3 Å². The first-order chi connectivity index (χ1) is 9.24. The predicted octanol–water partition coefficient (Wildman–Crippen LogP) is 3.38. The van der Waals surface area contributed by atoms with Crippen LogP contribution in [0.15, 0.2) is 23.1 Å². The summed E-state index contributed by atoms with van der Waals surface area (Å²) in [6.45, 7) is 1.04. The fourth-order valence-electron chi connectivity index (χ4n) is 4.29. The van der Waals surface area contributed by atoms with E-state index in [1.807, 2.05) is 0 Å². The molecule has 1 aromatic heterocycles. The molecule has 0 amide bonds. The number of halogens is 1. The average Bonchev–Trinajstić information content (AvgIpc) is 2.98. The monoisotopic (exact) mass is 293 g/mol. The lowest BCUT2D eigenvalue weighted by molar-refractivity contribution is -0.122. The third-order valence-corrected chi connectivity index (χ3v) is 6.11. The Morgan fingerprint density at radius 2 is 2.37 bits per heavy atom. The minimum absolute atomic E-state index is 0.0281. The second-order valence-electron chi connectivity index (χ2n) is 5.88. The molecule has 19 heavy (non-hydrogen) atoms. The van der Waals surface area contributed by atoms with Gasteiger partial charge in [0.1, 0.15) is 0 Å². The highest BCUT2D eigenvalue weighted by Gasteiger charge is 2.54. The molecule has 4 aliphatic rings. The maximum atomic E-state index is 11.8. The van der Waals surface area contributed by atoms with Gasteiger partial charge in [0, 0.05) is 23.5 Å². The molecule has 4 fully saturated rings. The van der Waals surface area contributed by atoms with Gasteiger partial charge in [-0.3, -0.25) is 9.69 Å². The lowest BCUT2D eigenvalue weighted by Crippen LogP contribution is -2.57. The molecular weight excluding hydrogens is 278 g/mol. The fraction of sp³-hybridized carbons (Fsp3) is 0.533. The van der Waals surface area contributed by atoms with E-state index in [2.05, 4.69) is 28.5 Å². The van der Waals surface area contributed by atoms with Crippen molar-refractivity contribution in [3.63, 3.8) is 0 Å². The fourth-order valence-corrected chi connectivity index (χ4v) is 5.28. The van der Waals surface area contributed by atoms with Gasteiger partial charge < -0.3 is 0 Å². The summed E-state index contributed by atoms with van der Waals surface area (Å²) < 4.78 is 0. The number of piperidine rings is 3. The number of carbonyl (C=O) groups is 1. The van der Waals surface area contributed by atoms with Crippen LogP contribution in [0.3, 0.4) is 0 Å². The standard InChI is InChI=1S/C15H16ClNOS/c16-15(18)14-12-7-10-3-4-13(14)17(10)8-9(12)6-11-2-1-5-19-11/h1-2,5-6,10,12-14H,3-4,7-8H2/b9-6+/t10-,12+,13+,14-/m0/s1. The molecule has 0 N–H and O–H groups in total. The van der Waals surface area contributed by atoms with Crippen LogP contribution in [0.1, 0.15) is 24.1 Å². The van der Waals surface area contributed by atoms with Gasteiger partial charge in [0.2, 0.25) is 5.24 Å². The van der Waals surface area contributed by atoms with Crippen molar-refractivity contribution in [1.82, 2.24) is 4.90 Å². The van der Waals surface area contributed by atoms with Crippen LogP contribution in [0.25, 0.3) is 6.08 Å². The first kappa shape index (κ1) is 12.1. The Labute approximate surface area is 122 Å². The number of fused-ring (bicyclic) bond motifs is 1. The first-order valence-electron chi connectivity index (χ1n) is 6.93. The Morgan fingerprint density at radius 3 is 3.11 bits per heavy atom. The molecule has 5 atom stereocenters. The minimum atomic E-state index is -0.128. The summed E-state index contributed by atoms with van der Waals surface area (Å²) >= 11 is 7.66. The molecule has 2 nitrogen and oxygen atoms in total. The normalized spacial score (nSPS) is 41.9. The van der Waals surface area contributed by atoms with Crippen LogP contribution in [0, 0.1) is 11.8 Å². The highest BCUT2D eigenvalue weighted by molar-refractivity contribution is 7.10. The Kier molecular flexibility index (Phi) is 2.83. The summed E-state index contributed by atoms with van der Waals surface area (Å²) in [6, 6.07) is 5.32. The van der Waals surface area contributed by atoms with Gasteiger partial charge in [0.05, 0.1) is 5.92 Å². The van der Waals surface area contributed by atoms with Gasteiger partial charge in [-0.25, -0.2) is 0 Å². The average molecular weight is 294 g/mol. The largest absolute Gasteiger partial charge is 0.293 e. The van der Waals surface area contributed by atoms with Gasteiger partial charge in [0.15, 0.2) is 0 Å². The summed E-state index contributed by atoms with van der Waals surface area (Å²) in [5.74, 6) is 0.412. The zero-order valence-corrected chi connectivity index (χ0v) is 12.2. The van der Waals surface area contributed by atoms with Gasteiger partial charge in [-0.1, -0.05) is 11.6 Å². The molecule has 0 aromatic carbocycles. The summed E-state index contributed by atoms with van der Waals surface area (Å²) in [5, 5.41) is 1.97. The van der Waals surface area contributed by atoms with Crippen LogP contribution >= 0.6 is 22.9 Å². The first-order valence-corrected chi connectivity index (χ1v) is 8.19. The number of hydrogen-bond donors (Lipinski definition) is 0. The molecule has 5 rings (SSSR count). The SMILES string of the molecule is O=C(Cl)[C@H]1[C@@H]2C[C@@H]3CC[C@H]1N3C/C2=C\c1cccs1. The highest BCUT2D eigenvalue weighted by atomic mass is 35.5. The molecule has 0 spiro atoms. The van der Waals surface area contributed by atoms with Crippen LogP contribution < -0.4 is 0 Å². The van der Waals surface area contributed by atoms with Gasteiger partial charge in [0.25, 0.3) is 0 Å². The van der Waals surface area contributed by atoms with Crippen molar-refractivity contribution in [3.05, 3.63) is 28.0 Å². The number of hydrogen-bond acceptors (Lipinski definition) is 3. The Hall–Kier alpha value is -0.640. The third-order valence-electron chi connectivity index (χ3n) is 5.04. The number of carbonyl (C=O) groups excluding carboxylic acids is 1. The molecule has 4 heteroatoms. The Bertz CT molecular complexity index is 538. The summed E-state index contributed by atoms with van der Waals surface area (Å²) in [5.41, 5.74) is 1.41. The van der Waals surface area contributed by atoms with E-state index in [9.17, 15) is 4.79 Å². The zero-order chi connectivity index (χ0) is 13.0. The second kappa shape index (κ2) is 4.44. The molecular formula is C15H16ClNOS. The maximum absolute atomic E-state index is 11.8. The van der Waals surface area contributed by atoms with Crippen LogP contribution in [-0.2, 0) is 4.79 Å². The van der Waals surface area contributed by atoms with E-state index in [1.54, 1.807) is 11.3 Å². The lowest BCUT2D eigenvalue weighted by atomic mass is 9.71. The molecule has 0 radical (unpaired) electrons. The maximum Gasteiger partial charge on any atom is 0.226 e. The van der Waals surface area contributed by atoms with Crippen LogP contribution in [0.2, 0.25) is 0 Å². The molecule has 4 saturated heterocycles. The molecule has 4 bridgehead atoms. The molecule has 1 aromatic rings. The van der Waals surface area contributed by atoms with Crippen LogP contribution in [-0.4, -0.2) is 28.8 Å². The minimum Gasteiger partial charge on any atom is -0.293 e. The lowest BCUT2D eigenvalue weighted by Gasteiger charge is -2.50. The van der Waals surface area contributed by atoms with E-state index in [4.69, 9.17) is 11.6 Å². The van der Waals surface area contributed by atoms with E-state index in [1.165, 1.54) is 16.9 Å². The van der Waals surface area contributed by atoms with Crippen molar-refractivity contribution in [2.45, 2.75) is 31.3 Å². The Morgan fingerprint density at radius 1 is 1.47 bits per heavy atom. The van der Waals surface area contributed by atoms with Gasteiger partial charge >= 0.3 is 0 Å². The molecule has 0 aliphatic carbocycles. The van der Waals surface area contributed by atoms with Gasteiger partial charge in [-0.2, -0.15) is 0 Å². The van der Waals surface area contributed by atoms with Crippen molar-refractivity contribution in [2.75, 3.05) is 6.54 Å². The van der Waals surface area contributed by atoms with Crippen LogP contribution in [0.5, 0.6) is 0 Å². The van der Waals surface area contributed by atoms with Gasteiger partial charge in [-0.15, -0.1) is 11.3 Å². The molecule has 100 valence electrons. The quantitative estimate of drug-likeness (QED) is 0.779. The van der Waals surface area contributed by atoms with Crippen molar-refractivity contribution in [1.29, 1.82) is 0 Å². The van der Waals surface area contributed by atoms with E-state index >= 15 is 0 Å². The second-order valence-corrected chi connectivity index (χ2v) is 7.23.